The van der Waals surface area contributed by atoms with Crippen molar-refractivity contribution in [2.45, 2.75) is 11.5 Å². The number of aromatic amines is 1. The van der Waals surface area contributed by atoms with E-state index < -0.39 is 21.5 Å². The van der Waals surface area contributed by atoms with Crippen LogP contribution in [0.1, 0.15) is 5.56 Å². The Labute approximate surface area is 204 Å². The van der Waals surface area contributed by atoms with Crippen LogP contribution in [0.3, 0.4) is 0 Å². The molecule has 182 valence electrons. The van der Waals surface area contributed by atoms with Gasteiger partial charge in [0.25, 0.3) is 0 Å². The van der Waals surface area contributed by atoms with E-state index in [-0.39, 0.29) is 28.9 Å². The summed E-state index contributed by atoms with van der Waals surface area (Å²) in [6.45, 7) is 0.256. The number of nitrogens with one attached hydrogen (secondary N) is 1. The summed E-state index contributed by atoms with van der Waals surface area (Å²) < 4.78 is 62.9. The van der Waals surface area contributed by atoms with Crippen molar-refractivity contribution in [2.75, 3.05) is 6.26 Å². The second kappa shape index (κ2) is 9.34. The molecule has 0 saturated heterocycles. The molecule has 0 amide bonds. The molecule has 5 rings (SSSR count). The molecule has 5 aromatic rings. The van der Waals surface area contributed by atoms with Crippen LogP contribution in [0.15, 0.2) is 77.8 Å². The number of fused-ring (bicyclic) bond motifs is 1. The Hall–Kier alpha value is -4.38. The van der Waals surface area contributed by atoms with Gasteiger partial charge in [0.15, 0.2) is 27.1 Å². The molecule has 0 bridgehead atoms. The van der Waals surface area contributed by atoms with Gasteiger partial charge in [-0.05, 0) is 35.9 Å². The van der Waals surface area contributed by atoms with Crippen LogP contribution >= 0.6 is 0 Å². The lowest BCUT2D eigenvalue weighted by Crippen LogP contribution is -2.01. The lowest BCUT2D eigenvalue weighted by molar-refractivity contribution is 0.307. The molecule has 1 N–H and O–H groups in total. The van der Waals surface area contributed by atoms with Gasteiger partial charge in [-0.15, -0.1) is 0 Å². The Balaban J connectivity index is 1.52. The fourth-order valence-electron chi connectivity index (χ4n) is 3.49. The number of H-pyrrole nitrogens is 1. The molecule has 0 saturated carbocycles. The fourth-order valence-corrected chi connectivity index (χ4v) is 4.14. The zero-order valence-electron chi connectivity index (χ0n) is 18.8. The Morgan fingerprint density at radius 1 is 0.972 bits per heavy atom. The van der Waals surface area contributed by atoms with Crippen molar-refractivity contribution in [3.8, 4) is 28.8 Å². The molecule has 0 radical (unpaired) electrons. The van der Waals surface area contributed by atoms with E-state index in [1.807, 2.05) is 30.3 Å². The van der Waals surface area contributed by atoms with Gasteiger partial charge in [0.2, 0.25) is 0 Å². The van der Waals surface area contributed by atoms with Gasteiger partial charge in [-0.25, -0.2) is 22.2 Å². The van der Waals surface area contributed by atoms with Gasteiger partial charge in [-0.3, -0.25) is 5.10 Å². The maximum atomic E-state index is 13.9. The van der Waals surface area contributed by atoms with E-state index in [2.05, 4.69) is 20.2 Å². The highest BCUT2D eigenvalue weighted by Gasteiger charge is 2.19. The van der Waals surface area contributed by atoms with Crippen LogP contribution < -0.4 is 9.47 Å². The number of halogens is 2. The molecule has 0 fully saturated rings. The van der Waals surface area contributed by atoms with Crippen molar-refractivity contribution in [3.05, 3.63) is 90.1 Å². The first-order valence-electron chi connectivity index (χ1n) is 10.6. The number of rotatable bonds is 7. The summed E-state index contributed by atoms with van der Waals surface area (Å²) in [5, 5.41) is 7.51. The Kier molecular flexibility index (Phi) is 6.06. The molecule has 3 aromatic carbocycles. The second-order valence-corrected chi connectivity index (χ2v) is 9.88. The smallest absolute Gasteiger partial charge is 0.324 e. The first kappa shape index (κ1) is 23.4. The minimum atomic E-state index is -3.51. The molecular weight excluding hydrogens is 490 g/mol. The Morgan fingerprint density at radius 3 is 2.50 bits per heavy atom. The van der Waals surface area contributed by atoms with E-state index in [4.69, 9.17) is 9.47 Å². The largest absolute Gasteiger partial charge is 0.488 e. The Bertz CT molecular complexity index is 1670. The standard InChI is InChI=1S/C25H18F2N4O4S/c1-36(32,33)17-8-10-21(34-14-15-5-3-2-4-6-15)18(12-17)23-19-13-28-25(29-24(19)31-30-23)35-22-9-7-16(26)11-20(22)27/h2-13H,14H2,1H3,(H,28,29,30,31). The van der Waals surface area contributed by atoms with Crippen LogP contribution in [-0.2, 0) is 16.4 Å². The molecule has 0 unspecified atom stereocenters. The molecule has 36 heavy (non-hydrogen) atoms. The van der Waals surface area contributed by atoms with Gasteiger partial charge >= 0.3 is 6.01 Å². The Morgan fingerprint density at radius 2 is 1.75 bits per heavy atom. The number of hydrogen-bond donors (Lipinski definition) is 1. The lowest BCUT2D eigenvalue weighted by Gasteiger charge is -2.12. The molecule has 2 heterocycles. The van der Waals surface area contributed by atoms with Crippen molar-refractivity contribution in [1.29, 1.82) is 0 Å². The SMILES string of the molecule is CS(=O)(=O)c1ccc(OCc2ccccc2)c(-c2n[nH]c3nc(Oc4ccc(F)cc4F)ncc23)c1. The van der Waals surface area contributed by atoms with Crippen molar-refractivity contribution < 1.29 is 26.7 Å². The van der Waals surface area contributed by atoms with Crippen LogP contribution in [0.4, 0.5) is 8.78 Å². The van der Waals surface area contributed by atoms with Crippen molar-refractivity contribution in [3.63, 3.8) is 0 Å². The number of aromatic nitrogens is 4. The highest BCUT2D eigenvalue weighted by molar-refractivity contribution is 7.90. The predicted octanol–water partition coefficient (Wildman–Crippen LogP) is 5.07. The van der Waals surface area contributed by atoms with E-state index in [0.717, 1.165) is 24.0 Å². The maximum absolute atomic E-state index is 13.9. The van der Waals surface area contributed by atoms with Gasteiger partial charge in [-0.1, -0.05) is 30.3 Å². The van der Waals surface area contributed by atoms with E-state index >= 15 is 0 Å². The zero-order chi connectivity index (χ0) is 25.3. The number of hydrogen-bond acceptors (Lipinski definition) is 7. The number of ether oxygens (including phenoxy) is 2. The molecule has 0 aliphatic carbocycles. The zero-order valence-corrected chi connectivity index (χ0v) is 19.6. The summed E-state index contributed by atoms with van der Waals surface area (Å²) in [5.41, 5.74) is 1.97. The van der Waals surface area contributed by atoms with Gasteiger partial charge < -0.3 is 9.47 Å². The first-order valence-corrected chi connectivity index (χ1v) is 12.5. The first-order chi connectivity index (χ1) is 17.3. The molecule has 0 aliphatic heterocycles. The summed E-state index contributed by atoms with van der Waals surface area (Å²) in [4.78, 5) is 8.40. The molecule has 11 heteroatoms. The monoisotopic (exact) mass is 508 g/mol. The van der Waals surface area contributed by atoms with E-state index in [1.54, 1.807) is 6.07 Å². The summed E-state index contributed by atoms with van der Waals surface area (Å²) in [7, 11) is -3.51. The van der Waals surface area contributed by atoms with Gasteiger partial charge in [-0.2, -0.15) is 10.1 Å². The molecule has 8 nitrogen and oxygen atoms in total. The molecule has 0 atom stereocenters. The maximum Gasteiger partial charge on any atom is 0.324 e. The van der Waals surface area contributed by atoms with Gasteiger partial charge in [0, 0.05) is 24.1 Å². The number of benzene rings is 3. The van der Waals surface area contributed by atoms with Crippen molar-refractivity contribution in [1.82, 2.24) is 20.2 Å². The third-order valence-corrected chi connectivity index (χ3v) is 6.37. The second-order valence-electron chi connectivity index (χ2n) is 7.87. The third-order valence-electron chi connectivity index (χ3n) is 5.26. The minimum Gasteiger partial charge on any atom is -0.488 e. The number of sulfone groups is 1. The summed E-state index contributed by atoms with van der Waals surface area (Å²) in [6, 6.07) is 16.7. The molecular formula is C25H18F2N4O4S. The quantitative estimate of drug-likeness (QED) is 0.327. The minimum absolute atomic E-state index is 0.0911. The fraction of sp³-hybridized carbons (Fsp3) is 0.0800. The van der Waals surface area contributed by atoms with Crippen LogP contribution in [0.25, 0.3) is 22.3 Å². The van der Waals surface area contributed by atoms with Gasteiger partial charge in [0.1, 0.15) is 23.9 Å². The van der Waals surface area contributed by atoms with Crippen molar-refractivity contribution >= 4 is 20.9 Å². The van der Waals surface area contributed by atoms with Crippen LogP contribution in [0.5, 0.6) is 17.5 Å². The summed E-state index contributed by atoms with van der Waals surface area (Å²) in [5.74, 6) is -1.47. The third kappa shape index (κ3) is 4.86. The normalized spacial score (nSPS) is 11.5. The average molecular weight is 509 g/mol. The van der Waals surface area contributed by atoms with Crippen LogP contribution in [0.2, 0.25) is 0 Å². The highest BCUT2D eigenvalue weighted by atomic mass is 32.2. The van der Waals surface area contributed by atoms with Crippen molar-refractivity contribution in [2.24, 2.45) is 0 Å². The molecule has 0 spiro atoms. The lowest BCUT2D eigenvalue weighted by atomic mass is 10.1. The van der Waals surface area contributed by atoms with E-state index in [0.29, 0.717) is 28.5 Å². The average Bonchev–Trinajstić information content (AvgIpc) is 3.27. The topological polar surface area (TPSA) is 107 Å². The predicted molar refractivity (Wildman–Crippen MR) is 127 cm³/mol. The van der Waals surface area contributed by atoms with Gasteiger partial charge in [0.05, 0.1) is 10.3 Å². The summed E-state index contributed by atoms with van der Waals surface area (Å²) >= 11 is 0. The van der Waals surface area contributed by atoms with E-state index in [9.17, 15) is 17.2 Å². The molecule has 2 aromatic heterocycles. The summed E-state index contributed by atoms with van der Waals surface area (Å²) in [6.07, 6.45) is 2.52. The van der Waals surface area contributed by atoms with Crippen LogP contribution in [0, 0.1) is 11.6 Å². The molecule has 0 aliphatic rings. The highest BCUT2D eigenvalue weighted by Crippen LogP contribution is 2.36. The van der Waals surface area contributed by atoms with Crippen LogP contribution in [-0.4, -0.2) is 34.8 Å². The van der Waals surface area contributed by atoms with E-state index in [1.165, 1.54) is 18.3 Å². The number of nitrogens with zero attached hydrogens (tertiary/aromatic N) is 3.